The van der Waals surface area contributed by atoms with Crippen LogP contribution < -0.4 is 16.7 Å². The lowest BCUT2D eigenvalue weighted by atomic mass is 10.1. The van der Waals surface area contributed by atoms with Crippen LogP contribution in [-0.4, -0.2) is 37.3 Å². The molecule has 140 valence electrons. The number of imidazole rings is 1. The van der Waals surface area contributed by atoms with E-state index < -0.39 is 0 Å². The van der Waals surface area contributed by atoms with Crippen LogP contribution in [0.3, 0.4) is 0 Å². The highest BCUT2D eigenvalue weighted by atomic mass is 16.3. The number of aliphatic hydroxyl groups excluding tert-OH is 1. The van der Waals surface area contributed by atoms with Crippen molar-refractivity contribution in [3.63, 3.8) is 0 Å². The maximum absolute atomic E-state index is 12.5. The Morgan fingerprint density at radius 1 is 1.26 bits per heavy atom. The minimum atomic E-state index is -0.281. The summed E-state index contributed by atoms with van der Waals surface area (Å²) in [6.45, 7) is 0.339. The number of nitrogens with zero attached hydrogens (tertiary/aromatic N) is 3. The number of aliphatic hydroxyl groups is 1. The summed E-state index contributed by atoms with van der Waals surface area (Å²) in [4.78, 5) is 23.9. The molecule has 3 heterocycles. The molecule has 1 atom stereocenters. The maximum Gasteiger partial charge on any atom is 0.328 e. The number of hydrogen-bond donors (Lipinski definition) is 4. The van der Waals surface area contributed by atoms with E-state index in [4.69, 9.17) is 5.73 Å². The Morgan fingerprint density at radius 2 is 2.11 bits per heavy atom. The molecule has 0 fully saturated rings. The molecule has 8 nitrogen and oxygen atoms in total. The van der Waals surface area contributed by atoms with Crippen molar-refractivity contribution in [1.29, 1.82) is 0 Å². The summed E-state index contributed by atoms with van der Waals surface area (Å²) in [5.74, 6) is 0.507. The van der Waals surface area contributed by atoms with E-state index in [0.717, 1.165) is 24.8 Å². The highest BCUT2D eigenvalue weighted by Gasteiger charge is 2.16. The molecule has 1 aliphatic rings. The normalized spacial score (nSPS) is 17.4. The zero-order valence-corrected chi connectivity index (χ0v) is 14.9. The predicted octanol–water partition coefficient (Wildman–Crippen LogP) is 1.42. The number of fused-ring (bicyclic) bond motifs is 3. The van der Waals surface area contributed by atoms with Gasteiger partial charge in [-0.15, -0.1) is 0 Å². The topological polar surface area (TPSA) is 122 Å². The van der Waals surface area contributed by atoms with E-state index in [2.05, 4.69) is 44.6 Å². The van der Waals surface area contributed by atoms with E-state index in [1.54, 1.807) is 4.57 Å². The van der Waals surface area contributed by atoms with E-state index in [9.17, 15) is 9.90 Å². The second-order valence-corrected chi connectivity index (χ2v) is 6.74. The van der Waals surface area contributed by atoms with Crippen LogP contribution in [0.2, 0.25) is 0 Å². The lowest BCUT2D eigenvalue weighted by molar-refractivity contribution is 0.269. The number of hydrogen-bond acceptors (Lipinski definition) is 6. The third-order valence-corrected chi connectivity index (χ3v) is 4.74. The molecule has 0 aliphatic carbocycles. The number of aromatic amines is 1. The number of nitrogens with two attached hydrogens (primary N) is 1. The number of H-pyrrole nitrogens is 1. The molecule has 8 heteroatoms. The van der Waals surface area contributed by atoms with E-state index in [0.29, 0.717) is 23.7 Å². The minimum absolute atomic E-state index is 0.0458. The van der Waals surface area contributed by atoms with Crippen molar-refractivity contribution in [2.45, 2.75) is 31.8 Å². The zero-order valence-electron chi connectivity index (χ0n) is 14.9. The van der Waals surface area contributed by atoms with Crippen molar-refractivity contribution in [2.24, 2.45) is 0 Å². The zero-order chi connectivity index (χ0) is 18.8. The Balaban J connectivity index is 1.85. The third-order valence-electron chi connectivity index (χ3n) is 4.74. The number of nitrogens with one attached hydrogen (secondary N) is 2. The summed E-state index contributed by atoms with van der Waals surface area (Å²) in [7, 11) is 0. The van der Waals surface area contributed by atoms with E-state index in [-0.39, 0.29) is 24.2 Å². The number of aromatic nitrogens is 4. The van der Waals surface area contributed by atoms with Gasteiger partial charge in [0.15, 0.2) is 11.5 Å². The second kappa shape index (κ2) is 7.24. The lowest BCUT2D eigenvalue weighted by Crippen LogP contribution is -2.25. The summed E-state index contributed by atoms with van der Waals surface area (Å²) in [5.41, 5.74) is 8.82. The molecule has 1 unspecified atom stereocenters. The molecule has 0 amide bonds. The maximum atomic E-state index is 12.5. The molecule has 0 spiro atoms. The smallest absolute Gasteiger partial charge is 0.328 e. The minimum Gasteiger partial charge on any atom is -0.394 e. The fraction of sp³-hybridized carbons (Fsp3) is 0.316. The van der Waals surface area contributed by atoms with E-state index in [1.165, 1.54) is 5.56 Å². The summed E-state index contributed by atoms with van der Waals surface area (Å²) in [5, 5.41) is 12.8. The Hall–Kier alpha value is -3.13. The van der Waals surface area contributed by atoms with Gasteiger partial charge >= 0.3 is 5.69 Å². The number of benzene rings is 1. The SMILES string of the molecule is Nc1nc2nc3c1[nH]c(=O)n3Cc1cccc(c1)CC=CCCC(CO)N2. The molecule has 1 aliphatic heterocycles. The summed E-state index contributed by atoms with van der Waals surface area (Å²) in [6, 6.07) is 7.95. The van der Waals surface area contributed by atoms with Crippen LogP contribution >= 0.6 is 0 Å². The molecule has 2 aromatic heterocycles. The van der Waals surface area contributed by atoms with Crippen LogP contribution in [0.4, 0.5) is 11.8 Å². The first-order chi connectivity index (χ1) is 13.1. The molecule has 4 bridgehead atoms. The Kier molecular flexibility index (Phi) is 4.64. The first-order valence-electron chi connectivity index (χ1n) is 9.00. The highest BCUT2D eigenvalue weighted by molar-refractivity contribution is 5.82. The van der Waals surface area contributed by atoms with Gasteiger partial charge in [0.2, 0.25) is 5.95 Å². The van der Waals surface area contributed by atoms with Crippen molar-refractivity contribution >= 4 is 22.9 Å². The largest absolute Gasteiger partial charge is 0.394 e. The molecule has 0 radical (unpaired) electrons. The fourth-order valence-electron chi connectivity index (χ4n) is 3.33. The molecule has 5 N–H and O–H groups in total. The molecular weight excluding hydrogens is 344 g/mol. The first-order valence-corrected chi connectivity index (χ1v) is 9.00. The molecule has 27 heavy (non-hydrogen) atoms. The van der Waals surface area contributed by atoms with Crippen molar-refractivity contribution in [2.75, 3.05) is 17.7 Å². The molecule has 3 aromatic rings. The molecule has 0 saturated heterocycles. The molecular formula is C19H22N6O2. The first kappa shape index (κ1) is 17.3. The predicted molar refractivity (Wildman–Crippen MR) is 105 cm³/mol. The molecule has 0 saturated carbocycles. The Bertz CT molecular complexity index is 1050. The van der Waals surface area contributed by atoms with Crippen LogP contribution in [0.25, 0.3) is 11.2 Å². The number of allylic oxidation sites excluding steroid dienone is 2. The molecule has 4 rings (SSSR count). The quantitative estimate of drug-likeness (QED) is 0.483. The van der Waals surface area contributed by atoms with Gasteiger partial charge < -0.3 is 21.1 Å². The highest BCUT2D eigenvalue weighted by Crippen LogP contribution is 2.19. The van der Waals surface area contributed by atoms with Crippen molar-refractivity contribution < 1.29 is 5.11 Å². The van der Waals surface area contributed by atoms with Gasteiger partial charge in [-0.3, -0.25) is 4.57 Å². The van der Waals surface area contributed by atoms with Gasteiger partial charge in [-0.1, -0.05) is 36.4 Å². The number of nitrogen functional groups attached to an aromatic ring is 1. The third kappa shape index (κ3) is 3.56. The summed E-state index contributed by atoms with van der Waals surface area (Å²) >= 11 is 0. The van der Waals surface area contributed by atoms with E-state index in [1.807, 2.05) is 12.1 Å². The number of anilines is 2. The van der Waals surface area contributed by atoms with Crippen LogP contribution in [0.1, 0.15) is 24.0 Å². The molecule has 1 aromatic carbocycles. The van der Waals surface area contributed by atoms with Gasteiger partial charge in [0.25, 0.3) is 0 Å². The van der Waals surface area contributed by atoms with Gasteiger partial charge in [-0.25, -0.2) is 4.79 Å². The van der Waals surface area contributed by atoms with Crippen LogP contribution in [0.5, 0.6) is 0 Å². The summed E-state index contributed by atoms with van der Waals surface area (Å²) < 4.78 is 1.56. The van der Waals surface area contributed by atoms with Gasteiger partial charge in [-0.05, 0) is 30.4 Å². The Labute approximate surface area is 155 Å². The number of rotatable bonds is 1. The van der Waals surface area contributed by atoms with Gasteiger partial charge in [0.1, 0.15) is 5.52 Å². The van der Waals surface area contributed by atoms with Crippen molar-refractivity contribution in [3.8, 4) is 0 Å². The van der Waals surface area contributed by atoms with Crippen LogP contribution in [0.15, 0.2) is 41.2 Å². The standard InChI is InChI=1S/C19H22N6O2/c20-16-15-17-24-18(23-16)21-14(11-26)8-3-1-2-5-12-6-4-7-13(9-12)10-25(17)19(27)22-15/h1-2,4,6-7,9,14,26H,3,5,8,10-11H2,(H,22,27)(H3,20,21,23,24). The van der Waals surface area contributed by atoms with Gasteiger partial charge in [0.05, 0.1) is 19.2 Å². The van der Waals surface area contributed by atoms with Gasteiger partial charge in [0, 0.05) is 0 Å². The Morgan fingerprint density at radius 3 is 2.96 bits per heavy atom. The van der Waals surface area contributed by atoms with Crippen molar-refractivity contribution in [1.82, 2.24) is 19.5 Å². The summed E-state index contributed by atoms with van der Waals surface area (Å²) in [6.07, 6.45) is 6.62. The lowest BCUT2D eigenvalue weighted by Gasteiger charge is -2.15. The van der Waals surface area contributed by atoms with Crippen LogP contribution in [0, 0.1) is 0 Å². The fourth-order valence-corrected chi connectivity index (χ4v) is 3.33. The second-order valence-electron chi connectivity index (χ2n) is 6.74. The van der Waals surface area contributed by atoms with Gasteiger partial charge in [-0.2, -0.15) is 9.97 Å². The van der Waals surface area contributed by atoms with Crippen LogP contribution in [-0.2, 0) is 13.0 Å². The average molecular weight is 366 g/mol. The van der Waals surface area contributed by atoms with Crippen molar-refractivity contribution in [3.05, 3.63) is 58.0 Å². The average Bonchev–Trinajstić information content (AvgIpc) is 2.96. The van der Waals surface area contributed by atoms with E-state index >= 15 is 0 Å². The monoisotopic (exact) mass is 366 g/mol.